The van der Waals surface area contributed by atoms with Crippen LogP contribution in [0.4, 0.5) is 10.9 Å². The van der Waals surface area contributed by atoms with Crippen LogP contribution in [0.2, 0.25) is 0 Å². The number of hydrogen-bond donors (Lipinski definition) is 2. The molecule has 118 valence electrons. The van der Waals surface area contributed by atoms with E-state index in [9.17, 15) is 0 Å². The van der Waals surface area contributed by atoms with Gasteiger partial charge in [-0.2, -0.15) is 0 Å². The highest BCUT2D eigenvalue weighted by atomic mass is 32.2. The lowest BCUT2D eigenvalue weighted by Crippen LogP contribution is -2.27. The van der Waals surface area contributed by atoms with Crippen LogP contribution in [0.25, 0.3) is 10.9 Å². The van der Waals surface area contributed by atoms with Crippen molar-refractivity contribution in [3.05, 3.63) is 35.1 Å². The minimum absolute atomic E-state index is 0.360. The van der Waals surface area contributed by atoms with Crippen LogP contribution in [0.1, 0.15) is 17.0 Å². The summed E-state index contributed by atoms with van der Waals surface area (Å²) in [5.74, 6) is 0.914. The zero-order valence-electron chi connectivity index (χ0n) is 12.7. The smallest absolute Gasteiger partial charge is 0.180 e. The number of thioether (sulfide) groups is 1. The molecular weight excluding hydrogens is 326 g/mol. The number of fused-ring (bicyclic) bond motifs is 2. The maximum atomic E-state index is 5.83. The molecule has 7 heteroatoms. The molecule has 0 amide bonds. The van der Waals surface area contributed by atoms with Gasteiger partial charge in [-0.25, -0.2) is 15.0 Å². The molecule has 0 saturated heterocycles. The number of nitrogens with zero attached hydrogens (tertiary/aromatic N) is 3. The van der Waals surface area contributed by atoms with Crippen LogP contribution < -0.4 is 11.1 Å². The van der Waals surface area contributed by atoms with Gasteiger partial charge >= 0.3 is 0 Å². The summed E-state index contributed by atoms with van der Waals surface area (Å²) in [5, 5.41) is 5.35. The molecule has 0 saturated carbocycles. The van der Waals surface area contributed by atoms with Gasteiger partial charge in [0.1, 0.15) is 12.1 Å². The lowest BCUT2D eigenvalue weighted by Gasteiger charge is -2.23. The highest BCUT2D eigenvalue weighted by Crippen LogP contribution is 2.31. The van der Waals surface area contributed by atoms with Crippen molar-refractivity contribution < 1.29 is 0 Å². The molecule has 3 aromatic rings. The number of benzene rings is 1. The van der Waals surface area contributed by atoms with E-state index in [1.165, 1.54) is 15.5 Å². The van der Waals surface area contributed by atoms with E-state index in [1.54, 1.807) is 29.4 Å². The molecule has 1 aliphatic carbocycles. The number of thiazole rings is 1. The van der Waals surface area contributed by atoms with Crippen LogP contribution in [0.3, 0.4) is 0 Å². The Morgan fingerprint density at radius 1 is 1.35 bits per heavy atom. The maximum Gasteiger partial charge on any atom is 0.180 e. The largest absolute Gasteiger partial charge is 0.375 e. The van der Waals surface area contributed by atoms with Crippen molar-refractivity contribution in [2.45, 2.75) is 30.2 Å². The van der Waals surface area contributed by atoms with Crippen molar-refractivity contribution in [3.8, 4) is 0 Å². The number of aromatic nitrogens is 3. The van der Waals surface area contributed by atoms with Crippen LogP contribution in [0, 0.1) is 0 Å². The Kier molecular flexibility index (Phi) is 3.82. The van der Waals surface area contributed by atoms with Crippen molar-refractivity contribution in [3.63, 3.8) is 0 Å². The predicted octanol–water partition coefficient (Wildman–Crippen LogP) is 3.36. The molecule has 1 atom stereocenters. The first-order valence-corrected chi connectivity index (χ1v) is 9.56. The molecule has 2 heterocycles. The van der Waals surface area contributed by atoms with E-state index in [1.807, 2.05) is 0 Å². The third kappa shape index (κ3) is 2.86. The van der Waals surface area contributed by atoms with Gasteiger partial charge in [-0.15, -0.1) is 23.1 Å². The van der Waals surface area contributed by atoms with Crippen LogP contribution in [0.15, 0.2) is 29.4 Å². The molecule has 0 bridgehead atoms. The molecule has 5 nitrogen and oxygen atoms in total. The molecule has 0 fully saturated rings. The van der Waals surface area contributed by atoms with E-state index in [0.717, 1.165) is 36.0 Å². The van der Waals surface area contributed by atoms with E-state index < -0.39 is 0 Å². The monoisotopic (exact) mass is 343 g/mol. The predicted molar refractivity (Wildman–Crippen MR) is 97.3 cm³/mol. The van der Waals surface area contributed by atoms with E-state index in [4.69, 9.17) is 5.73 Å². The molecule has 1 aliphatic rings. The third-order valence-corrected chi connectivity index (χ3v) is 5.81. The summed E-state index contributed by atoms with van der Waals surface area (Å²) in [6.07, 6.45) is 6.68. The molecule has 0 spiro atoms. The van der Waals surface area contributed by atoms with Gasteiger partial charge in [0.2, 0.25) is 0 Å². The number of nitrogen functional groups attached to an aromatic ring is 1. The van der Waals surface area contributed by atoms with Gasteiger partial charge in [-0.05, 0) is 37.3 Å². The first-order valence-electron chi connectivity index (χ1n) is 7.52. The number of aryl methyl sites for hydroxylation is 1. The number of anilines is 2. The average molecular weight is 343 g/mol. The van der Waals surface area contributed by atoms with Crippen molar-refractivity contribution in [1.82, 2.24) is 15.0 Å². The Balaban J connectivity index is 1.63. The van der Waals surface area contributed by atoms with Gasteiger partial charge < -0.3 is 11.1 Å². The molecule has 1 unspecified atom stereocenters. The molecule has 23 heavy (non-hydrogen) atoms. The lowest BCUT2D eigenvalue weighted by molar-refractivity contribution is 0.608. The van der Waals surface area contributed by atoms with Crippen LogP contribution in [-0.2, 0) is 12.8 Å². The lowest BCUT2D eigenvalue weighted by atomic mass is 9.97. The van der Waals surface area contributed by atoms with E-state index in [2.05, 4.69) is 44.7 Å². The fraction of sp³-hybridized carbons (Fsp3) is 0.312. The summed E-state index contributed by atoms with van der Waals surface area (Å²) in [4.78, 5) is 15.8. The number of nitrogens with one attached hydrogen (secondary N) is 1. The second-order valence-corrected chi connectivity index (χ2v) is 7.61. The minimum Gasteiger partial charge on any atom is -0.375 e. The summed E-state index contributed by atoms with van der Waals surface area (Å²) >= 11 is 3.33. The fourth-order valence-corrected chi connectivity index (χ4v) is 4.39. The summed E-state index contributed by atoms with van der Waals surface area (Å²) < 4.78 is 0. The highest BCUT2D eigenvalue weighted by molar-refractivity contribution is 7.98. The Labute approximate surface area is 142 Å². The van der Waals surface area contributed by atoms with Gasteiger partial charge in [0, 0.05) is 27.6 Å². The Morgan fingerprint density at radius 3 is 3.13 bits per heavy atom. The Hall–Kier alpha value is -1.86. The van der Waals surface area contributed by atoms with Crippen LogP contribution in [0.5, 0.6) is 0 Å². The molecule has 4 rings (SSSR count). The Bertz CT molecular complexity index is 861. The molecule has 3 N–H and O–H groups in total. The van der Waals surface area contributed by atoms with Gasteiger partial charge in [0.15, 0.2) is 5.13 Å². The molecule has 0 radical (unpaired) electrons. The molecule has 1 aromatic carbocycles. The van der Waals surface area contributed by atoms with Crippen LogP contribution >= 0.6 is 23.1 Å². The van der Waals surface area contributed by atoms with E-state index >= 15 is 0 Å². The van der Waals surface area contributed by atoms with Gasteiger partial charge in [0.25, 0.3) is 0 Å². The van der Waals surface area contributed by atoms with Crippen LogP contribution in [-0.4, -0.2) is 27.2 Å². The van der Waals surface area contributed by atoms with E-state index in [-0.39, 0.29) is 0 Å². The summed E-state index contributed by atoms with van der Waals surface area (Å²) in [5.41, 5.74) is 7.97. The zero-order chi connectivity index (χ0) is 15.8. The van der Waals surface area contributed by atoms with Gasteiger partial charge in [-0.1, -0.05) is 0 Å². The second-order valence-electron chi connectivity index (χ2n) is 5.61. The normalized spacial score (nSPS) is 17.2. The molecule has 2 aromatic heterocycles. The average Bonchev–Trinajstić information content (AvgIpc) is 2.94. The summed E-state index contributed by atoms with van der Waals surface area (Å²) in [6, 6.07) is 6.66. The van der Waals surface area contributed by atoms with E-state index in [0.29, 0.717) is 11.2 Å². The molecular formula is C16H17N5S2. The highest BCUT2D eigenvalue weighted by Gasteiger charge is 2.22. The number of rotatable bonds is 3. The zero-order valence-corrected chi connectivity index (χ0v) is 14.4. The first kappa shape index (κ1) is 14.7. The third-order valence-electron chi connectivity index (χ3n) is 4.14. The molecule has 0 aliphatic heterocycles. The summed E-state index contributed by atoms with van der Waals surface area (Å²) in [7, 11) is 0. The second kappa shape index (κ2) is 5.98. The quantitative estimate of drug-likeness (QED) is 0.710. The minimum atomic E-state index is 0.360. The van der Waals surface area contributed by atoms with Crippen molar-refractivity contribution in [1.29, 1.82) is 0 Å². The fourth-order valence-electron chi connectivity index (χ4n) is 2.99. The van der Waals surface area contributed by atoms with Crippen molar-refractivity contribution in [2.24, 2.45) is 0 Å². The standard InChI is InChI=1S/C16H17N5S2/c1-22-10-3-5-12-11(7-10)15(19-8-18-12)20-9-2-4-13-14(6-9)23-16(17)21-13/h3,5,7-9H,2,4,6H2,1H3,(H2,17,21)(H,18,19,20). The van der Waals surface area contributed by atoms with Crippen molar-refractivity contribution >= 4 is 45.0 Å². The summed E-state index contributed by atoms with van der Waals surface area (Å²) in [6.45, 7) is 0. The Morgan fingerprint density at radius 2 is 2.26 bits per heavy atom. The van der Waals surface area contributed by atoms with Gasteiger partial charge in [0.05, 0.1) is 11.2 Å². The maximum absolute atomic E-state index is 5.83. The first-order chi connectivity index (χ1) is 11.2. The SMILES string of the molecule is CSc1ccc2ncnc(NC3CCc4nc(N)sc4C3)c2c1. The van der Waals surface area contributed by atoms with Gasteiger partial charge in [-0.3, -0.25) is 0 Å². The topological polar surface area (TPSA) is 76.7 Å². The van der Waals surface area contributed by atoms with Crippen molar-refractivity contribution in [2.75, 3.05) is 17.3 Å². The number of nitrogens with two attached hydrogens (primary N) is 1. The number of hydrogen-bond acceptors (Lipinski definition) is 7.